The number of rotatable bonds is 3. The minimum atomic E-state index is 0.232. The first kappa shape index (κ1) is 15.6. The second kappa shape index (κ2) is 6.16. The predicted molar refractivity (Wildman–Crippen MR) is 97.4 cm³/mol. The predicted octanol–water partition coefficient (Wildman–Crippen LogP) is 3.17. The topological polar surface area (TPSA) is 73.8 Å². The van der Waals surface area contributed by atoms with Crippen LogP contribution in [0.2, 0.25) is 0 Å². The van der Waals surface area contributed by atoms with Crippen LogP contribution in [-0.4, -0.2) is 20.3 Å². The molecule has 0 unspecified atom stereocenters. The second-order valence-electron chi connectivity index (χ2n) is 6.45. The minimum Gasteiger partial charge on any atom is -0.368 e. The molecule has 25 heavy (non-hydrogen) atoms. The van der Waals surface area contributed by atoms with E-state index in [-0.39, 0.29) is 11.7 Å². The second-order valence-corrected chi connectivity index (χ2v) is 6.45. The molecular weight excluding hydrogens is 312 g/mol. The third-order valence-corrected chi connectivity index (χ3v) is 4.85. The van der Waals surface area contributed by atoms with Gasteiger partial charge in [-0.25, -0.2) is 9.97 Å². The van der Waals surface area contributed by atoms with Crippen LogP contribution >= 0.6 is 0 Å². The minimum absolute atomic E-state index is 0.232. The van der Waals surface area contributed by atoms with Crippen LogP contribution in [0, 0.1) is 0 Å². The average Bonchev–Trinajstić information content (AvgIpc) is 2.89. The summed E-state index contributed by atoms with van der Waals surface area (Å²) in [5.41, 5.74) is 11.7. The molecule has 4 rings (SSSR count). The van der Waals surface area contributed by atoms with Crippen molar-refractivity contribution in [2.75, 3.05) is 5.73 Å². The number of hydrogen-bond donors (Lipinski definition) is 1. The van der Waals surface area contributed by atoms with Crippen LogP contribution in [0.1, 0.15) is 40.0 Å². The van der Waals surface area contributed by atoms with E-state index < -0.39 is 0 Å². The van der Waals surface area contributed by atoms with E-state index in [9.17, 15) is 4.79 Å². The highest BCUT2D eigenvalue weighted by atomic mass is 16.1. The Kier molecular flexibility index (Phi) is 3.84. The van der Waals surface area contributed by atoms with E-state index >= 15 is 0 Å². The van der Waals surface area contributed by atoms with Gasteiger partial charge in [0, 0.05) is 37.3 Å². The average molecular weight is 332 g/mol. The number of nitrogens with two attached hydrogens (primary N) is 1. The molecule has 1 aliphatic carbocycles. The fraction of sp³-hybridized carbons (Fsp3) is 0.250. The first-order valence-corrected chi connectivity index (χ1v) is 8.51. The fourth-order valence-corrected chi connectivity index (χ4v) is 3.77. The molecular formula is C20H20N4O. The molecule has 2 N–H and O–H groups in total. The molecule has 126 valence electrons. The molecule has 1 aromatic carbocycles. The highest BCUT2D eigenvalue weighted by Crippen LogP contribution is 2.36. The Morgan fingerprint density at radius 2 is 1.96 bits per heavy atom. The van der Waals surface area contributed by atoms with Gasteiger partial charge in [-0.3, -0.25) is 4.79 Å². The number of fused-ring (bicyclic) bond motifs is 1. The van der Waals surface area contributed by atoms with Crippen molar-refractivity contribution in [3.63, 3.8) is 0 Å². The van der Waals surface area contributed by atoms with Crippen molar-refractivity contribution >= 4 is 11.7 Å². The van der Waals surface area contributed by atoms with Crippen molar-refractivity contribution in [1.82, 2.24) is 14.5 Å². The largest absolute Gasteiger partial charge is 0.368 e. The van der Waals surface area contributed by atoms with Crippen molar-refractivity contribution in [3.8, 4) is 11.4 Å². The summed E-state index contributed by atoms with van der Waals surface area (Å²) in [6.07, 6.45) is 4.80. The molecule has 0 bridgehead atoms. The molecule has 0 radical (unpaired) electrons. The van der Waals surface area contributed by atoms with Crippen molar-refractivity contribution in [2.24, 2.45) is 7.05 Å². The summed E-state index contributed by atoms with van der Waals surface area (Å²) < 4.78 is 2.12. The van der Waals surface area contributed by atoms with Gasteiger partial charge in [0.15, 0.2) is 5.78 Å². The lowest BCUT2D eigenvalue weighted by atomic mass is 9.90. The summed E-state index contributed by atoms with van der Waals surface area (Å²) in [7, 11) is 2.01. The zero-order chi connectivity index (χ0) is 17.4. The van der Waals surface area contributed by atoms with Crippen molar-refractivity contribution in [2.45, 2.75) is 25.7 Å². The zero-order valence-electron chi connectivity index (χ0n) is 14.2. The molecule has 5 heteroatoms. The molecule has 0 amide bonds. The number of nitrogens with zero attached hydrogens (tertiary/aromatic N) is 3. The van der Waals surface area contributed by atoms with Crippen LogP contribution < -0.4 is 5.73 Å². The fourth-order valence-electron chi connectivity index (χ4n) is 3.77. The Balaban J connectivity index is 1.94. The number of benzene rings is 1. The summed E-state index contributed by atoms with van der Waals surface area (Å²) in [6, 6.07) is 12.1. The van der Waals surface area contributed by atoms with Gasteiger partial charge in [0.25, 0.3) is 0 Å². The Morgan fingerprint density at radius 3 is 2.72 bits per heavy atom. The number of anilines is 1. The van der Waals surface area contributed by atoms with E-state index in [1.807, 2.05) is 31.3 Å². The van der Waals surface area contributed by atoms with E-state index in [1.165, 1.54) is 5.56 Å². The molecule has 3 aromatic rings. The van der Waals surface area contributed by atoms with E-state index in [0.717, 1.165) is 41.1 Å². The van der Waals surface area contributed by atoms with Crippen LogP contribution in [-0.2, 0) is 19.9 Å². The molecule has 2 heterocycles. The smallest absolute Gasteiger partial charge is 0.220 e. The molecule has 2 aromatic heterocycles. The van der Waals surface area contributed by atoms with Gasteiger partial charge in [-0.05, 0) is 30.0 Å². The van der Waals surface area contributed by atoms with Crippen LogP contribution in [0.15, 0.2) is 42.6 Å². The number of hydrogen-bond acceptors (Lipinski definition) is 4. The highest BCUT2D eigenvalue weighted by Gasteiger charge is 2.29. The van der Waals surface area contributed by atoms with Crippen LogP contribution in [0.5, 0.6) is 0 Å². The molecule has 0 aliphatic heterocycles. The highest BCUT2D eigenvalue weighted by molar-refractivity contribution is 6.01. The maximum absolute atomic E-state index is 12.7. The summed E-state index contributed by atoms with van der Waals surface area (Å²) in [6.45, 7) is 0. The van der Waals surface area contributed by atoms with Gasteiger partial charge < -0.3 is 10.3 Å². The molecule has 0 fully saturated rings. The number of Topliss-reactive ketones (excluding diaryl/α,β-unsaturated/α-hetero) is 1. The van der Waals surface area contributed by atoms with Crippen LogP contribution in [0.4, 0.5) is 5.95 Å². The van der Waals surface area contributed by atoms with E-state index in [4.69, 9.17) is 5.73 Å². The number of ketones is 1. The number of nitrogen functional groups attached to an aromatic ring is 1. The molecule has 5 nitrogen and oxygen atoms in total. The monoisotopic (exact) mass is 332 g/mol. The van der Waals surface area contributed by atoms with Crippen molar-refractivity contribution in [1.29, 1.82) is 0 Å². The van der Waals surface area contributed by atoms with Gasteiger partial charge in [-0.2, -0.15) is 0 Å². The van der Waals surface area contributed by atoms with E-state index in [1.54, 1.807) is 6.20 Å². The summed E-state index contributed by atoms with van der Waals surface area (Å²) in [5, 5.41) is 0. The molecule has 1 aliphatic rings. The molecule has 0 saturated carbocycles. The Hall–Kier alpha value is -2.95. The molecule has 0 saturated heterocycles. The Labute approximate surface area is 146 Å². The summed E-state index contributed by atoms with van der Waals surface area (Å²) >= 11 is 0. The Bertz CT molecular complexity index is 944. The number of carbonyl (C=O) groups excluding carboxylic acids is 1. The van der Waals surface area contributed by atoms with Gasteiger partial charge in [-0.15, -0.1) is 0 Å². The van der Waals surface area contributed by atoms with Crippen LogP contribution in [0.3, 0.4) is 0 Å². The SMILES string of the molecule is Cn1c2c(c(Cc3ccccc3)c1-c1ccnc(N)n1)C(=O)CCC2. The standard InChI is InChI=1S/C20H20N4O/c1-24-16-8-5-9-17(25)18(16)14(12-13-6-3-2-4-7-13)19(24)15-10-11-22-20(21)23-15/h2-4,6-7,10-11H,5,8-9,12H2,1H3,(H2,21,22,23). The lowest BCUT2D eigenvalue weighted by Gasteiger charge is -2.13. The molecule has 0 spiro atoms. The lowest BCUT2D eigenvalue weighted by Crippen LogP contribution is -2.13. The van der Waals surface area contributed by atoms with Gasteiger partial charge in [0.2, 0.25) is 5.95 Å². The third-order valence-electron chi connectivity index (χ3n) is 4.85. The van der Waals surface area contributed by atoms with Gasteiger partial charge >= 0.3 is 0 Å². The Morgan fingerprint density at radius 1 is 1.16 bits per heavy atom. The third kappa shape index (κ3) is 2.71. The summed E-state index contributed by atoms with van der Waals surface area (Å²) in [5.74, 6) is 0.477. The lowest BCUT2D eigenvalue weighted by molar-refractivity contribution is 0.0971. The first-order chi connectivity index (χ1) is 12.1. The van der Waals surface area contributed by atoms with E-state index in [2.05, 4.69) is 26.7 Å². The first-order valence-electron chi connectivity index (χ1n) is 8.51. The van der Waals surface area contributed by atoms with Crippen molar-refractivity contribution < 1.29 is 4.79 Å². The van der Waals surface area contributed by atoms with Gasteiger partial charge in [0.05, 0.1) is 11.4 Å². The normalized spacial score (nSPS) is 13.7. The maximum atomic E-state index is 12.7. The van der Waals surface area contributed by atoms with Gasteiger partial charge in [0.1, 0.15) is 0 Å². The van der Waals surface area contributed by atoms with E-state index in [0.29, 0.717) is 12.8 Å². The molecule has 0 atom stereocenters. The van der Waals surface area contributed by atoms with Crippen LogP contribution in [0.25, 0.3) is 11.4 Å². The zero-order valence-corrected chi connectivity index (χ0v) is 14.2. The quantitative estimate of drug-likeness (QED) is 0.799. The maximum Gasteiger partial charge on any atom is 0.220 e. The number of carbonyl (C=O) groups is 1. The number of aromatic nitrogens is 3. The van der Waals surface area contributed by atoms with Gasteiger partial charge in [-0.1, -0.05) is 30.3 Å². The summed E-state index contributed by atoms with van der Waals surface area (Å²) in [4.78, 5) is 21.1. The van der Waals surface area contributed by atoms with Crippen molar-refractivity contribution in [3.05, 3.63) is 65.0 Å².